The molecule has 64 valence electrons. The monoisotopic (exact) mass is 182 g/mol. The molecule has 0 bridgehead atoms. The van der Waals surface area contributed by atoms with E-state index in [9.17, 15) is 4.79 Å². The molecule has 0 amide bonds. The number of benzene rings is 1. The highest BCUT2D eigenvalue weighted by molar-refractivity contribution is 8.13. The fraction of sp³-hybridized carbons (Fsp3) is 0.222. The highest BCUT2D eigenvalue weighted by atomic mass is 32.2. The smallest absolute Gasteiger partial charge is 0.369 e. The van der Waals surface area contributed by atoms with Gasteiger partial charge in [-0.3, -0.25) is 0 Å². The number of carboxylic acid groups (broad SMARTS) is 1. The minimum atomic E-state index is -0.859. The SMILES string of the molecule is Cc1ccc(SC(=O)O)c(C)c1. The second-order valence-electron chi connectivity index (χ2n) is 2.64. The molecule has 3 heteroatoms. The van der Waals surface area contributed by atoms with Crippen LogP contribution in [0.25, 0.3) is 0 Å². The largest absolute Gasteiger partial charge is 0.473 e. The maximum absolute atomic E-state index is 10.4. The van der Waals surface area contributed by atoms with E-state index >= 15 is 0 Å². The summed E-state index contributed by atoms with van der Waals surface area (Å²) < 4.78 is 0. The van der Waals surface area contributed by atoms with Gasteiger partial charge in [-0.25, -0.2) is 4.79 Å². The molecule has 0 aliphatic carbocycles. The molecule has 1 rings (SSSR count). The van der Waals surface area contributed by atoms with Crippen molar-refractivity contribution in [3.63, 3.8) is 0 Å². The summed E-state index contributed by atoms with van der Waals surface area (Å²) in [7, 11) is 0. The van der Waals surface area contributed by atoms with Gasteiger partial charge in [-0.15, -0.1) is 0 Å². The number of hydrogen-bond acceptors (Lipinski definition) is 2. The van der Waals surface area contributed by atoms with E-state index in [0.29, 0.717) is 0 Å². The summed E-state index contributed by atoms with van der Waals surface area (Å²) in [6, 6.07) is 5.73. The molecule has 0 aliphatic rings. The number of rotatable bonds is 1. The molecule has 0 saturated heterocycles. The van der Waals surface area contributed by atoms with Crippen LogP contribution in [0.4, 0.5) is 4.79 Å². The average molecular weight is 182 g/mol. The van der Waals surface area contributed by atoms with Crippen LogP contribution in [0.2, 0.25) is 0 Å². The van der Waals surface area contributed by atoms with Crippen molar-refractivity contribution in [3.8, 4) is 0 Å². The summed E-state index contributed by atoms with van der Waals surface area (Å²) in [5.74, 6) is 0. The molecule has 0 saturated carbocycles. The van der Waals surface area contributed by atoms with Crippen LogP contribution >= 0.6 is 11.8 Å². The van der Waals surface area contributed by atoms with Gasteiger partial charge < -0.3 is 5.11 Å². The van der Waals surface area contributed by atoms with Gasteiger partial charge in [0.2, 0.25) is 0 Å². The first-order valence-corrected chi connectivity index (χ1v) is 4.39. The normalized spacial score (nSPS) is 9.83. The number of carbonyl (C=O) groups is 1. The fourth-order valence-electron chi connectivity index (χ4n) is 1.01. The van der Waals surface area contributed by atoms with E-state index in [-0.39, 0.29) is 0 Å². The van der Waals surface area contributed by atoms with Gasteiger partial charge in [0.05, 0.1) is 0 Å². The average Bonchev–Trinajstić information content (AvgIpc) is 1.94. The first kappa shape index (κ1) is 9.13. The summed E-state index contributed by atoms with van der Waals surface area (Å²) in [5, 5.41) is 7.66. The number of aryl methyl sites for hydroxylation is 2. The van der Waals surface area contributed by atoms with Gasteiger partial charge in [0.15, 0.2) is 0 Å². The lowest BCUT2D eigenvalue weighted by molar-refractivity contribution is 0.222. The van der Waals surface area contributed by atoms with Crippen molar-refractivity contribution >= 4 is 17.1 Å². The van der Waals surface area contributed by atoms with Crippen LogP contribution in [0.15, 0.2) is 23.1 Å². The Balaban J connectivity index is 2.93. The van der Waals surface area contributed by atoms with E-state index in [1.807, 2.05) is 32.0 Å². The molecular formula is C9H10O2S. The van der Waals surface area contributed by atoms with E-state index in [1.165, 1.54) is 0 Å². The molecule has 0 radical (unpaired) electrons. The number of hydrogen-bond donors (Lipinski definition) is 1. The molecule has 0 spiro atoms. The summed E-state index contributed by atoms with van der Waals surface area (Å²) >= 11 is 0.850. The fourth-order valence-corrected chi connectivity index (χ4v) is 1.55. The van der Waals surface area contributed by atoms with Gasteiger partial charge in [-0.2, -0.15) is 0 Å². The maximum atomic E-state index is 10.4. The van der Waals surface area contributed by atoms with E-state index in [1.54, 1.807) is 0 Å². The van der Waals surface area contributed by atoms with E-state index < -0.39 is 5.30 Å². The van der Waals surface area contributed by atoms with Crippen molar-refractivity contribution in [2.24, 2.45) is 0 Å². The lowest BCUT2D eigenvalue weighted by Gasteiger charge is -2.02. The Bertz CT molecular complexity index is 307. The molecular weight excluding hydrogens is 172 g/mol. The summed E-state index contributed by atoms with van der Waals surface area (Å²) in [5.41, 5.74) is 2.17. The van der Waals surface area contributed by atoms with Crippen molar-refractivity contribution in [1.82, 2.24) is 0 Å². The molecule has 0 unspecified atom stereocenters. The lowest BCUT2D eigenvalue weighted by Crippen LogP contribution is -1.86. The third kappa shape index (κ3) is 2.27. The molecule has 1 aromatic carbocycles. The van der Waals surface area contributed by atoms with Crippen LogP contribution in [-0.2, 0) is 0 Å². The van der Waals surface area contributed by atoms with Gasteiger partial charge in [-0.1, -0.05) is 17.7 Å². The van der Waals surface area contributed by atoms with Crippen LogP contribution in [-0.4, -0.2) is 10.4 Å². The van der Waals surface area contributed by atoms with Crippen LogP contribution in [0, 0.1) is 13.8 Å². The van der Waals surface area contributed by atoms with E-state index in [4.69, 9.17) is 5.11 Å². The van der Waals surface area contributed by atoms with Crippen molar-refractivity contribution in [2.45, 2.75) is 18.7 Å². The molecule has 1 aromatic rings. The van der Waals surface area contributed by atoms with Crippen molar-refractivity contribution in [1.29, 1.82) is 0 Å². The Hall–Kier alpha value is -0.960. The summed E-state index contributed by atoms with van der Waals surface area (Å²) in [6.45, 7) is 3.90. The minimum Gasteiger partial charge on any atom is -0.473 e. The van der Waals surface area contributed by atoms with E-state index in [0.717, 1.165) is 27.8 Å². The third-order valence-electron chi connectivity index (χ3n) is 1.53. The lowest BCUT2D eigenvalue weighted by atomic mass is 10.2. The Morgan fingerprint density at radius 1 is 1.42 bits per heavy atom. The second kappa shape index (κ2) is 3.63. The third-order valence-corrected chi connectivity index (χ3v) is 2.38. The Morgan fingerprint density at radius 2 is 2.08 bits per heavy atom. The molecule has 12 heavy (non-hydrogen) atoms. The molecule has 0 aromatic heterocycles. The van der Waals surface area contributed by atoms with Gasteiger partial charge in [0.1, 0.15) is 0 Å². The predicted molar refractivity (Wildman–Crippen MR) is 49.8 cm³/mol. The van der Waals surface area contributed by atoms with Crippen LogP contribution in [0.1, 0.15) is 11.1 Å². The summed E-state index contributed by atoms with van der Waals surface area (Å²) in [6.07, 6.45) is 0. The van der Waals surface area contributed by atoms with Gasteiger partial charge in [0.25, 0.3) is 0 Å². The molecule has 0 atom stereocenters. The molecule has 0 fully saturated rings. The van der Waals surface area contributed by atoms with Crippen LogP contribution < -0.4 is 0 Å². The Labute approximate surface area is 75.6 Å². The highest BCUT2D eigenvalue weighted by Gasteiger charge is 2.03. The Kier molecular flexibility index (Phi) is 2.76. The van der Waals surface area contributed by atoms with Gasteiger partial charge >= 0.3 is 5.30 Å². The first-order valence-electron chi connectivity index (χ1n) is 3.57. The second-order valence-corrected chi connectivity index (χ2v) is 3.63. The van der Waals surface area contributed by atoms with Crippen molar-refractivity contribution in [2.75, 3.05) is 0 Å². The Morgan fingerprint density at radius 3 is 2.58 bits per heavy atom. The zero-order valence-electron chi connectivity index (χ0n) is 7.00. The zero-order valence-corrected chi connectivity index (χ0v) is 7.81. The van der Waals surface area contributed by atoms with Crippen molar-refractivity contribution < 1.29 is 9.90 Å². The molecule has 0 heterocycles. The minimum absolute atomic E-state index is 0.813. The maximum Gasteiger partial charge on any atom is 0.369 e. The standard InChI is InChI=1S/C9H10O2S/c1-6-3-4-8(7(2)5-6)12-9(10)11/h3-5H,1-2H3,(H,10,11). The van der Waals surface area contributed by atoms with Crippen LogP contribution in [0.5, 0.6) is 0 Å². The zero-order chi connectivity index (χ0) is 9.14. The predicted octanol–water partition coefficient (Wildman–Crippen LogP) is 3.07. The van der Waals surface area contributed by atoms with Crippen LogP contribution in [0.3, 0.4) is 0 Å². The molecule has 1 N–H and O–H groups in total. The number of thioether (sulfide) groups is 1. The van der Waals surface area contributed by atoms with Crippen molar-refractivity contribution in [3.05, 3.63) is 29.3 Å². The topological polar surface area (TPSA) is 37.3 Å². The van der Waals surface area contributed by atoms with E-state index in [2.05, 4.69) is 0 Å². The first-order chi connectivity index (χ1) is 5.59. The molecule has 2 nitrogen and oxygen atoms in total. The van der Waals surface area contributed by atoms with Gasteiger partial charge in [-0.05, 0) is 37.2 Å². The van der Waals surface area contributed by atoms with Gasteiger partial charge in [0, 0.05) is 4.90 Å². The molecule has 0 aliphatic heterocycles. The summed E-state index contributed by atoms with van der Waals surface area (Å²) in [4.78, 5) is 11.2. The quantitative estimate of drug-likeness (QED) is 0.678. The highest BCUT2D eigenvalue weighted by Crippen LogP contribution is 2.23.